The number of nitrogens with one attached hydrogen (secondary N) is 1. The molecule has 1 aliphatic carbocycles. The fourth-order valence-electron chi connectivity index (χ4n) is 3.47. The van der Waals surface area contributed by atoms with Crippen LogP contribution in [0.5, 0.6) is 0 Å². The highest BCUT2D eigenvalue weighted by Crippen LogP contribution is 2.33. The summed E-state index contributed by atoms with van der Waals surface area (Å²) < 4.78 is 5.25. The van der Waals surface area contributed by atoms with E-state index in [0.29, 0.717) is 42.8 Å². The Bertz CT molecular complexity index is 741. The predicted molar refractivity (Wildman–Crippen MR) is 97.3 cm³/mol. The van der Waals surface area contributed by atoms with Gasteiger partial charge in [0.15, 0.2) is 0 Å². The third-order valence-electron chi connectivity index (χ3n) is 4.95. The lowest BCUT2D eigenvalue weighted by Gasteiger charge is -2.27. The van der Waals surface area contributed by atoms with Gasteiger partial charge in [-0.25, -0.2) is 4.98 Å². The predicted octanol–water partition coefficient (Wildman–Crippen LogP) is 2.48. The number of nitrogens with zero attached hydrogens (tertiary/aromatic N) is 3. The smallest absolute Gasteiger partial charge is 0.332 e. The lowest BCUT2D eigenvalue weighted by atomic mass is 9.80. The standard InChI is InChI=1S/C17H24N6O3/c18-9-12-5-3-11(4-6-12)8-14-15(23(24)25)16(19)22-17(21-14)20-10-13-2-1-7-26-13/h1-2,7,11-12H,3-6,8-10,18H2,(H3,19,20,21,22). The molecule has 9 heteroatoms. The zero-order valence-electron chi connectivity index (χ0n) is 14.6. The molecule has 0 radical (unpaired) electrons. The summed E-state index contributed by atoms with van der Waals surface area (Å²) in [6, 6.07) is 3.60. The van der Waals surface area contributed by atoms with E-state index in [9.17, 15) is 10.1 Å². The molecule has 1 aliphatic rings. The summed E-state index contributed by atoms with van der Waals surface area (Å²) in [7, 11) is 0. The second-order valence-electron chi connectivity index (χ2n) is 6.74. The molecule has 1 fully saturated rings. The van der Waals surface area contributed by atoms with Crippen LogP contribution in [0.15, 0.2) is 22.8 Å². The fourth-order valence-corrected chi connectivity index (χ4v) is 3.47. The molecule has 26 heavy (non-hydrogen) atoms. The first-order valence-corrected chi connectivity index (χ1v) is 8.84. The zero-order chi connectivity index (χ0) is 18.5. The van der Waals surface area contributed by atoms with Crippen LogP contribution in [0.4, 0.5) is 17.5 Å². The van der Waals surface area contributed by atoms with Crippen molar-refractivity contribution in [3.8, 4) is 0 Å². The second-order valence-corrected chi connectivity index (χ2v) is 6.74. The molecule has 2 heterocycles. The van der Waals surface area contributed by atoms with Gasteiger partial charge in [-0.2, -0.15) is 4.98 Å². The van der Waals surface area contributed by atoms with Crippen molar-refractivity contribution < 1.29 is 9.34 Å². The molecule has 0 saturated heterocycles. The Balaban J connectivity index is 1.76. The number of aromatic nitrogens is 2. The molecule has 0 amide bonds. The molecule has 9 nitrogen and oxygen atoms in total. The number of rotatable bonds is 7. The Labute approximate surface area is 151 Å². The van der Waals surface area contributed by atoms with E-state index in [2.05, 4.69) is 15.3 Å². The van der Waals surface area contributed by atoms with Gasteiger partial charge in [0.05, 0.1) is 17.7 Å². The van der Waals surface area contributed by atoms with Gasteiger partial charge in [0.25, 0.3) is 0 Å². The Hall–Kier alpha value is -2.68. The topological polar surface area (TPSA) is 146 Å². The average Bonchev–Trinajstić information content (AvgIpc) is 3.13. The van der Waals surface area contributed by atoms with Crippen LogP contribution in [0.2, 0.25) is 0 Å². The van der Waals surface area contributed by atoms with Crippen molar-refractivity contribution in [1.29, 1.82) is 0 Å². The van der Waals surface area contributed by atoms with Crippen molar-refractivity contribution in [3.05, 3.63) is 40.0 Å². The van der Waals surface area contributed by atoms with Crippen molar-refractivity contribution in [2.75, 3.05) is 17.6 Å². The number of anilines is 2. The van der Waals surface area contributed by atoms with Gasteiger partial charge in [0, 0.05) is 0 Å². The van der Waals surface area contributed by atoms with Gasteiger partial charge in [-0.1, -0.05) is 0 Å². The monoisotopic (exact) mass is 360 g/mol. The van der Waals surface area contributed by atoms with E-state index in [4.69, 9.17) is 15.9 Å². The van der Waals surface area contributed by atoms with Gasteiger partial charge in [0.1, 0.15) is 11.5 Å². The average molecular weight is 360 g/mol. The molecule has 140 valence electrons. The Morgan fingerprint density at radius 1 is 1.27 bits per heavy atom. The third kappa shape index (κ3) is 4.29. The van der Waals surface area contributed by atoms with Gasteiger partial charge < -0.3 is 21.2 Å². The fraction of sp³-hybridized carbons (Fsp3) is 0.529. The highest BCUT2D eigenvalue weighted by molar-refractivity contribution is 5.58. The molecular formula is C17H24N6O3. The molecule has 0 atom stereocenters. The highest BCUT2D eigenvalue weighted by atomic mass is 16.6. The van der Waals surface area contributed by atoms with Crippen LogP contribution in [0.1, 0.15) is 37.1 Å². The van der Waals surface area contributed by atoms with E-state index in [1.165, 1.54) is 0 Å². The number of furan rings is 1. The lowest BCUT2D eigenvalue weighted by Crippen LogP contribution is -2.23. The lowest BCUT2D eigenvalue weighted by molar-refractivity contribution is -0.385. The maximum atomic E-state index is 11.4. The number of hydrogen-bond acceptors (Lipinski definition) is 8. The number of nitrogen functional groups attached to an aromatic ring is 1. The van der Waals surface area contributed by atoms with Crippen molar-refractivity contribution >= 4 is 17.5 Å². The summed E-state index contributed by atoms with van der Waals surface area (Å²) >= 11 is 0. The van der Waals surface area contributed by atoms with Gasteiger partial charge in [-0.15, -0.1) is 0 Å². The molecule has 0 aromatic carbocycles. The van der Waals surface area contributed by atoms with E-state index in [1.807, 2.05) is 6.07 Å². The van der Waals surface area contributed by atoms with E-state index in [1.54, 1.807) is 12.3 Å². The largest absolute Gasteiger partial charge is 0.467 e. The third-order valence-corrected chi connectivity index (χ3v) is 4.95. The van der Waals surface area contributed by atoms with Crippen LogP contribution < -0.4 is 16.8 Å². The first-order valence-electron chi connectivity index (χ1n) is 8.84. The number of nitrogens with two attached hydrogens (primary N) is 2. The maximum absolute atomic E-state index is 11.4. The number of hydrogen-bond donors (Lipinski definition) is 3. The normalized spacial score (nSPS) is 20.0. The molecule has 1 saturated carbocycles. The van der Waals surface area contributed by atoms with Crippen molar-refractivity contribution in [2.24, 2.45) is 17.6 Å². The molecular weight excluding hydrogens is 336 g/mol. The Kier molecular flexibility index (Phi) is 5.67. The summed E-state index contributed by atoms with van der Waals surface area (Å²) in [4.78, 5) is 19.3. The van der Waals surface area contributed by atoms with Gasteiger partial charge in [0.2, 0.25) is 11.8 Å². The van der Waals surface area contributed by atoms with E-state index >= 15 is 0 Å². The minimum absolute atomic E-state index is 0.113. The highest BCUT2D eigenvalue weighted by Gasteiger charge is 2.27. The van der Waals surface area contributed by atoms with Crippen molar-refractivity contribution in [2.45, 2.75) is 38.6 Å². The number of nitro groups is 1. The Morgan fingerprint density at radius 2 is 2.00 bits per heavy atom. The molecule has 2 aromatic heterocycles. The van der Waals surface area contributed by atoms with Crippen LogP contribution in [-0.4, -0.2) is 21.4 Å². The van der Waals surface area contributed by atoms with E-state index in [-0.39, 0.29) is 17.5 Å². The molecule has 0 aliphatic heterocycles. The quantitative estimate of drug-likeness (QED) is 0.504. The van der Waals surface area contributed by atoms with Crippen molar-refractivity contribution in [1.82, 2.24) is 9.97 Å². The molecule has 3 rings (SSSR count). The van der Waals surface area contributed by atoms with Crippen LogP contribution in [0, 0.1) is 22.0 Å². The van der Waals surface area contributed by atoms with E-state index in [0.717, 1.165) is 25.7 Å². The second kappa shape index (κ2) is 8.13. The summed E-state index contributed by atoms with van der Waals surface area (Å²) in [6.45, 7) is 1.08. The minimum atomic E-state index is -0.494. The van der Waals surface area contributed by atoms with Crippen molar-refractivity contribution in [3.63, 3.8) is 0 Å². The van der Waals surface area contributed by atoms with Gasteiger partial charge in [-0.05, 0) is 62.6 Å². The van der Waals surface area contributed by atoms with Crippen LogP contribution in [-0.2, 0) is 13.0 Å². The summed E-state index contributed by atoms with van der Waals surface area (Å²) in [5, 5.41) is 14.4. The first kappa shape index (κ1) is 18.1. The SMILES string of the molecule is NCC1CCC(Cc2nc(NCc3ccco3)nc(N)c2[N+](=O)[O-])CC1. The summed E-state index contributed by atoms with van der Waals surface area (Å²) in [6.07, 6.45) is 6.20. The minimum Gasteiger partial charge on any atom is -0.467 e. The van der Waals surface area contributed by atoms with E-state index < -0.39 is 4.92 Å². The molecule has 0 bridgehead atoms. The zero-order valence-corrected chi connectivity index (χ0v) is 14.6. The molecule has 0 unspecified atom stereocenters. The summed E-state index contributed by atoms with van der Waals surface area (Å²) in [5.41, 5.74) is 11.8. The molecule has 5 N–H and O–H groups in total. The first-order chi connectivity index (χ1) is 12.6. The van der Waals surface area contributed by atoms with Crippen LogP contribution in [0.25, 0.3) is 0 Å². The van der Waals surface area contributed by atoms with Gasteiger partial charge in [-0.3, -0.25) is 10.1 Å². The van der Waals surface area contributed by atoms with Crippen LogP contribution in [0.3, 0.4) is 0 Å². The summed E-state index contributed by atoms with van der Waals surface area (Å²) in [5.74, 6) is 1.78. The molecule has 0 spiro atoms. The maximum Gasteiger partial charge on any atom is 0.332 e. The Morgan fingerprint density at radius 3 is 2.62 bits per heavy atom. The van der Waals surface area contributed by atoms with Gasteiger partial charge >= 0.3 is 5.69 Å². The van der Waals surface area contributed by atoms with Crippen LogP contribution >= 0.6 is 0 Å². The molecule has 2 aromatic rings.